The summed E-state index contributed by atoms with van der Waals surface area (Å²) < 4.78 is 0. The molecule has 4 heteroatoms. The third-order valence-electron chi connectivity index (χ3n) is 7.85. The van der Waals surface area contributed by atoms with Crippen LogP contribution in [0.25, 0.3) is 22.0 Å². The Kier molecular flexibility index (Phi) is 12.1. The summed E-state index contributed by atoms with van der Waals surface area (Å²) in [5, 5.41) is 12.3. The minimum Gasteiger partial charge on any atom is -0.512 e. The molecule has 213 valence electrons. The zero-order chi connectivity index (χ0) is 26.6. The molecule has 1 heterocycles. The van der Waals surface area contributed by atoms with Crippen molar-refractivity contribution >= 4 is 16.6 Å². The number of allylic oxidation sites excluding steroid dienone is 2. The van der Waals surface area contributed by atoms with Crippen LogP contribution < -0.4 is 0 Å². The van der Waals surface area contributed by atoms with Crippen molar-refractivity contribution in [3.63, 3.8) is 0 Å². The van der Waals surface area contributed by atoms with Crippen LogP contribution in [0.15, 0.2) is 54.4 Å². The van der Waals surface area contributed by atoms with Gasteiger partial charge < -0.3 is 10.1 Å². The predicted octanol–water partition coefficient (Wildman–Crippen LogP) is 9.63. The molecule has 0 saturated heterocycles. The van der Waals surface area contributed by atoms with Crippen LogP contribution in [0.3, 0.4) is 0 Å². The molecule has 0 spiro atoms. The first-order valence-corrected chi connectivity index (χ1v) is 14.0. The maximum atomic E-state index is 11.8. The molecule has 3 nitrogen and oxygen atoms in total. The minimum atomic E-state index is 0. The molecule has 2 fully saturated rings. The topological polar surface area (TPSA) is 50.2 Å². The van der Waals surface area contributed by atoms with Gasteiger partial charge in [-0.05, 0) is 59.2 Å². The Labute approximate surface area is 249 Å². The van der Waals surface area contributed by atoms with E-state index in [4.69, 9.17) is 0 Å². The summed E-state index contributed by atoms with van der Waals surface area (Å²) in [5.41, 5.74) is 6.00. The van der Waals surface area contributed by atoms with Crippen LogP contribution in [0.2, 0.25) is 0 Å². The molecular formula is C35H46IrNO2-. The number of aliphatic hydroxyl groups is 1. The van der Waals surface area contributed by atoms with Gasteiger partial charge in [0.1, 0.15) is 0 Å². The number of hydrogen-bond acceptors (Lipinski definition) is 3. The van der Waals surface area contributed by atoms with E-state index in [9.17, 15) is 9.90 Å². The van der Waals surface area contributed by atoms with E-state index in [0.29, 0.717) is 5.76 Å². The van der Waals surface area contributed by atoms with Crippen molar-refractivity contribution in [2.75, 3.05) is 0 Å². The molecular weight excluding hydrogens is 659 g/mol. The first kappa shape index (κ1) is 32.9. The summed E-state index contributed by atoms with van der Waals surface area (Å²) in [6.45, 7) is 10.9. The molecule has 2 aliphatic rings. The summed E-state index contributed by atoms with van der Waals surface area (Å²) in [6, 6.07) is 16.5. The van der Waals surface area contributed by atoms with Crippen LogP contribution in [-0.4, -0.2) is 15.9 Å². The predicted molar refractivity (Wildman–Crippen MR) is 161 cm³/mol. The largest absolute Gasteiger partial charge is 0.512 e. The number of aromatic nitrogens is 1. The van der Waals surface area contributed by atoms with Gasteiger partial charge in [-0.1, -0.05) is 85.9 Å². The molecule has 0 unspecified atom stereocenters. The molecule has 0 bridgehead atoms. The van der Waals surface area contributed by atoms with E-state index in [0.717, 1.165) is 42.5 Å². The molecule has 1 N–H and O–H groups in total. The van der Waals surface area contributed by atoms with E-state index in [1.54, 1.807) is 0 Å². The van der Waals surface area contributed by atoms with Gasteiger partial charge in [-0.15, -0.1) is 34.9 Å². The van der Waals surface area contributed by atoms with Crippen LogP contribution in [0, 0.1) is 31.7 Å². The molecule has 1 radical (unpaired) electrons. The van der Waals surface area contributed by atoms with E-state index in [1.165, 1.54) is 53.7 Å². The number of rotatable bonds is 4. The van der Waals surface area contributed by atoms with Crippen LogP contribution >= 0.6 is 0 Å². The van der Waals surface area contributed by atoms with Crippen LogP contribution in [0.1, 0.15) is 96.3 Å². The Bertz CT molecular complexity index is 1260. The molecule has 5 rings (SSSR count). The number of hydrogen-bond donors (Lipinski definition) is 1. The zero-order valence-corrected chi connectivity index (χ0v) is 26.0. The molecule has 0 aliphatic heterocycles. The number of benzene rings is 2. The maximum Gasteiger partial charge on any atom is 0.162 e. The first-order valence-electron chi connectivity index (χ1n) is 14.0. The summed E-state index contributed by atoms with van der Waals surface area (Å²) in [7, 11) is 0. The van der Waals surface area contributed by atoms with E-state index in [1.807, 2.05) is 6.20 Å². The number of carbonyl (C=O) groups is 1. The third-order valence-corrected chi connectivity index (χ3v) is 7.85. The second kappa shape index (κ2) is 14.4. The molecule has 0 amide bonds. The van der Waals surface area contributed by atoms with Crippen LogP contribution in [0.5, 0.6) is 0 Å². The van der Waals surface area contributed by atoms with Gasteiger partial charge in [0.25, 0.3) is 0 Å². The Balaban J connectivity index is 0.000000277. The fraction of sp³-hybridized carbons (Fsp3) is 0.486. The molecule has 0 atom stereocenters. The van der Waals surface area contributed by atoms with Crippen molar-refractivity contribution < 1.29 is 30.0 Å². The quantitative estimate of drug-likeness (QED) is 0.167. The van der Waals surface area contributed by atoms with Gasteiger partial charge in [-0.3, -0.25) is 4.79 Å². The fourth-order valence-electron chi connectivity index (χ4n) is 5.70. The Morgan fingerprint density at radius 2 is 1.56 bits per heavy atom. The summed E-state index contributed by atoms with van der Waals surface area (Å²) >= 11 is 0. The Morgan fingerprint density at radius 3 is 2.15 bits per heavy atom. The summed E-state index contributed by atoms with van der Waals surface area (Å²) in [6.07, 6.45) is 12.3. The summed E-state index contributed by atoms with van der Waals surface area (Å²) in [5.74, 6) is 0.991. The average molecular weight is 705 g/mol. The minimum absolute atomic E-state index is 0. The van der Waals surface area contributed by atoms with Crippen molar-refractivity contribution in [3.05, 3.63) is 77.2 Å². The molecule has 1 aromatic heterocycles. The number of carbonyl (C=O) groups excluding carboxylic acids is 1. The number of ketones is 1. The van der Waals surface area contributed by atoms with E-state index < -0.39 is 0 Å². The van der Waals surface area contributed by atoms with Crippen LogP contribution in [0.4, 0.5) is 0 Å². The second-order valence-electron chi connectivity index (χ2n) is 12.0. The van der Waals surface area contributed by atoms with Crippen molar-refractivity contribution in [2.45, 2.75) is 98.8 Å². The van der Waals surface area contributed by atoms with Crippen molar-refractivity contribution in [2.24, 2.45) is 11.8 Å². The first-order chi connectivity index (χ1) is 17.6. The van der Waals surface area contributed by atoms with Gasteiger partial charge in [0.15, 0.2) is 5.78 Å². The van der Waals surface area contributed by atoms with Gasteiger partial charge in [-0.2, -0.15) is 0 Å². The third kappa shape index (κ3) is 8.60. The number of aliphatic hydroxyl groups excluding tert-OH is 1. The van der Waals surface area contributed by atoms with Gasteiger partial charge >= 0.3 is 0 Å². The van der Waals surface area contributed by atoms with Gasteiger partial charge in [0, 0.05) is 44.2 Å². The monoisotopic (exact) mass is 705 g/mol. The number of fused-ring (bicyclic) bond motifs is 1. The number of aryl methyl sites for hydroxylation is 2. The number of pyridine rings is 1. The van der Waals surface area contributed by atoms with E-state index >= 15 is 0 Å². The van der Waals surface area contributed by atoms with Crippen molar-refractivity contribution in [3.8, 4) is 11.3 Å². The zero-order valence-electron chi connectivity index (χ0n) is 23.6. The van der Waals surface area contributed by atoms with Crippen molar-refractivity contribution in [1.29, 1.82) is 0 Å². The molecule has 2 saturated carbocycles. The average Bonchev–Trinajstić information content (AvgIpc) is 3.57. The SMILES string of the molecule is C.Cc1[c-]c(-c2nccc3cc(C(C)(C)C)ccc23)cc(C)c1.O=C(C=C(O)C1CCCC1)C1CCCC1.[Ir]. The second-order valence-corrected chi connectivity index (χ2v) is 12.0. The molecule has 39 heavy (non-hydrogen) atoms. The smallest absolute Gasteiger partial charge is 0.162 e. The molecule has 2 aliphatic carbocycles. The van der Waals surface area contributed by atoms with E-state index in [-0.39, 0.29) is 50.6 Å². The van der Waals surface area contributed by atoms with Gasteiger partial charge in [0.2, 0.25) is 0 Å². The molecule has 3 aromatic rings. The van der Waals surface area contributed by atoms with Crippen LogP contribution in [-0.2, 0) is 30.3 Å². The van der Waals surface area contributed by atoms with E-state index in [2.05, 4.69) is 82.1 Å². The van der Waals surface area contributed by atoms with Crippen molar-refractivity contribution in [1.82, 2.24) is 4.98 Å². The van der Waals surface area contributed by atoms with Gasteiger partial charge in [0.05, 0.1) is 5.76 Å². The van der Waals surface area contributed by atoms with Gasteiger partial charge in [-0.25, -0.2) is 0 Å². The fourth-order valence-corrected chi connectivity index (χ4v) is 5.70. The number of nitrogens with zero attached hydrogens (tertiary/aromatic N) is 1. The standard InChI is InChI=1S/C21H22N.C13H20O2.CH4.Ir/c1-14-10-15(2)12-17(11-14)20-19-7-6-18(21(3,4)5)13-16(19)8-9-22-20;14-12(10-5-1-2-6-10)9-13(15)11-7-3-4-8-11;;/h6-11,13H,1-5H3;9-11,14H,1-8H2;1H4;/q-1;;;. The Hall–Kier alpha value is -2.29. The summed E-state index contributed by atoms with van der Waals surface area (Å²) in [4.78, 5) is 16.4. The maximum absolute atomic E-state index is 11.8. The molecule has 2 aromatic carbocycles. The normalized spacial score (nSPS) is 16.3. The Morgan fingerprint density at radius 1 is 0.949 bits per heavy atom.